The van der Waals surface area contributed by atoms with Gasteiger partial charge in [-0.3, -0.25) is 14.3 Å². The summed E-state index contributed by atoms with van der Waals surface area (Å²) in [6.45, 7) is 3.01. The van der Waals surface area contributed by atoms with Crippen molar-refractivity contribution in [3.63, 3.8) is 0 Å². The van der Waals surface area contributed by atoms with Gasteiger partial charge in [-0.15, -0.1) is 11.3 Å². The van der Waals surface area contributed by atoms with E-state index >= 15 is 0 Å². The maximum Gasteiger partial charge on any atom is 0.265 e. The fourth-order valence-electron chi connectivity index (χ4n) is 2.97. The van der Waals surface area contributed by atoms with Gasteiger partial charge in [0.1, 0.15) is 9.88 Å². The second kappa shape index (κ2) is 6.72. The minimum Gasteiger partial charge on any atom is -0.359 e. The minimum atomic E-state index is -0.126. The van der Waals surface area contributed by atoms with Crippen LogP contribution in [0.5, 0.6) is 0 Å². The summed E-state index contributed by atoms with van der Waals surface area (Å²) < 4.78 is 1.71. The summed E-state index contributed by atoms with van der Waals surface area (Å²) in [7, 11) is 3.49. The zero-order valence-electron chi connectivity index (χ0n) is 14.1. The van der Waals surface area contributed by atoms with Crippen LogP contribution in [0.3, 0.4) is 0 Å². The first-order valence-electron chi connectivity index (χ1n) is 7.97. The average molecular weight is 347 g/mol. The Morgan fingerprint density at radius 3 is 2.88 bits per heavy atom. The molecule has 1 aliphatic heterocycles. The molecule has 1 atom stereocenters. The van der Waals surface area contributed by atoms with Gasteiger partial charge in [0.15, 0.2) is 0 Å². The summed E-state index contributed by atoms with van der Waals surface area (Å²) in [4.78, 5) is 31.7. The molecule has 24 heavy (non-hydrogen) atoms. The van der Waals surface area contributed by atoms with Crippen LogP contribution in [0.2, 0.25) is 0 Å². The highest BCUT2D eigenvalue weighted by atomic mass is 32.1. The summed E-state index contributed by atoms with van der Waals surface area (Å²) in [5.41, 5.74) is 1.64. The smallest absolute Gasteiger partial charge is 0.265 e. The molecule has 1 unspecified atom stereocenters. The van der Waals surface area contributed by atoms with Crippen molar-refractivity contribution in [1.82, 2.24) is 25.0 Å². The average Bonchev–Trinajstić information content (AvgIpc) is 3.19. The molecule has 1 fully saturated rings. The number of rotatable bonds is 3. The van der Waals surface area contributed by atoms with E-state index in [1.165, 1.54) is 11.3 Å². The van der Waals surface area contributed by atoms with Gasteiger partial charge in [-0.05, 0) is 19.8 Å². The maximum absolute atomic E-state index is 12.9. The molecular weight excluding hydrogens is 326 g/mol. The number of piperidine rings is 1. The molecule has 0 bridgehead atoms. The molecule has 0 aromatic carbocycles. The Bertz CT molecular complexity index is 766. The first-order valence-corrected chi connectivity index (χ1v) is 8.78. The number of aromatic nitrogens is 3. The predicted octanol–water partition coefficient (Wildman–Crippen LogP) is 1.45. The number of thiazole rings is 1. The summed E-state index contributed by atoms with van der Waals surface area (Å²) in [6, 6.07) is 0. The monoisotopic (exact) mass is 347 g/mol. The highest BCUT2D eigenvalue weighted by molar-refractivity contribution is 7.17. The highest BCUT2D eigenvalue weighted by Gasteiger charge is 2.30. The van der Waals surface area contributed by atoms with Crippen molar-refractivity contribution >= 4 is 23.2 Å². The topological polar surface area (TPSA) is 80.1 Å². The van der Waals surface area contributed by atoms with Crippen LogP contribution in [0, 0.1) is 12.8 Å². The van der Waals surface area contributed by atoms with Crippen LogP contribution in [-0.2, 0) is 11.8 Å². The normalized spacial score (nSPS) is 17.8. The van der Waals surface area contributed by atoms with Gasteiger partial charge in [0.25, 0.3) is 5.91 Å². The Balaban J connectivity index is 1.80. The fraction of sp³-hybridized carbons (Fsp3) is 0.500. The summed E-state index contributed by atoms with van der Waals surface area (Å²) >= 11 is 1.39. The molecule has 1 N–H and O–H groups in total. The lowest BCUT2D eigenvalue weighted by Gasteiger charge is -2.31. The van der Waals surface area contributed by atoms with Crippen molar-refractivity contribution in [3.05, 3.63) is 23.0 Å². The van der Waals surface area contributed by atoms with Crippen LogP contribution in [-0.4, -0.2) is 51.6 Å². The summed E-state index contributed by atoms with van der Waals surface area (Å²) in [5, 5.41) is 7.62. The quantitative estimate of drug-likeness (QED) is 0.911. The zero-order valence-corrected chi connectivity index (χ0v) is 14.9. The largest absolute Gasteiger partial charge is 0.359 e. The van der Waals surface area contributed by atoms with E-state index in [9.17, 15) is 9.59 Å². The van der Waals surface area contributed by atoms with E-state index in [0.29, 0.717) is 18.0 Å². The molecule has 1 aliphatic rings. The van der Waals surface area contributed by atoms with Gasteiger partial charge in [-0.1, -0.05) is 0 Å². The van der Waals surface area contributed by atoms with E-state index in [2.05, 4.69) is 15.4 Å². The van der Waals surface area contributed by atoms with Crippen LogP contribution >= 0.6 is 11.3 Å². The first-order chi connectivity index (χ1) is 11.5. The van der Waals surface area contributed by atoms with Crippen LogP contribution in [0.1, 0.15) is 28.2 Å². The maximum atomic E-state index is 12.9. The van der Waals surface area contributed by atoms with Gasteiger partial charge < -0.3 is 10.2 Å². The van der Waals surface area contributed by atoms with Crippen LogP contribution in [0.15, 0.2) is 12.4 Å². The Hall–Kier alpha value is -2.22. The molecule has 0 saturated carbocycles. The first kappa shape index (κ1) is 16.6. The molecule has 2 amide bonds. The Kier molecular flexibility index (Phi) is 4.66. The molecule has 7 nitrogen and oxygen atoms in total. The Morgan fingerprint density at radius 1 is 1.42 bits per heavy atom. The molecule has 3 heterocycles. The van der Waals surface area contributed by atoms with Crippen LogP contribution in [0.25, 0.3) is 10.6 Å². The van der Waals surface area contributed by atoms with E-state index in [-0.39, 0.29) is 17.7 Å². The molecule has 8 heteroatoms. The Labute approximate surface area is 144 Å². The molecule has 128 valence electrons. The van der Waals surface area contributed by atoms with Crippen LogP contribution in [0.4, 0.5) is 0 Å². The number of hydrogen-bond acceptors (Lipinski definition) is 5. The molecule has 1 saturated heterocycles. The molecular formula is C16H21N5O2S. The lowest BCUT2D eigenvalue weighted by molar-refractivity contribution is -0.125. The van der Waals surface area contributed by atoms with Gasteiger partial charge in [0, 0.05) is 38.9 Å². The van der Waals surface area contributed by atoms with E-state index in [0.717, 1.165) is 29.1 Å². The van der Waals surface area contributed by atoms with Crippen molar-refractivity contribution in [2.75, 3.05) is 20.1 Å². The SMILES string of the molecule is CNC(=O)C1CCCN(C(=O)c2sc(-c3cnn(C)c3)nc2C)C1. The third-order valence-electron chi connectivity index (χ3n) is 4.27. The third-order valence-corrected chi connectivity index (χ3v) is 5.46. The van der Waals surface area contributed by atoms with Gasteiger partial charge >= 0.3 is 0 Å². The summed E-state index contributed by atoms with van der Waals surface area (Å²) in [5.74, 6) is -0.156. The molecule has 2 aromatic rings. The summed E-state index contributed by atoms with van der Waals surface area (Å²) in [6.07, 6.45) is 5.30. The molecule has 0 radical (unpaired) electrons. The van der Waals surface area contributed by atoms with Gasteiger partial charge in [0.05, 0.1) is 17.8 Å². The highest BCUT2D eigenvalue weighted by Crippen LogP contribution is 2.29. The second-order valence-electron chi connectivity index (χ2n) is 6.04. The number of nitrogens with zero attached hydrogens (tertiary/aromatic N) is 4. The van der Waals surface area contributed by atoms with E-state index in [4.69, 9.17) is 0 Å². The number of carbonyl (C=O) groups excluding carboxylic acids is 2. The number of hydrogen-bond donors (Lipinski definition) is 1. The Morgan fingerprint density at radius 2 is 2.21 bits per heavy atom. The van der Waals surface area contributed by atoms with Gasteiger partial charge in [-0.25, -0.2) is 4.98 Å². The number of amides is 2. The van der Waals surface area contributed by atoms with Crippen LogP contribution < -0.4 is 5.32 Å². The number of nitrogens with one attached hydrogen (secondary N) is 1. The fourth-order valence-corrected chi connectivity index (χ4v) is 3.98. The van der Waals surface area contributed by atoms with Crippen molar-refractivity contribution in [3.8, 4) is 10.6 Å². The van der Waals surface area contributed by atoms with Crippen molar-refractivity contribution in [1.29, 1.82) is 0 Å². The lowest BCUT2D eigenvalue weighted by Crippen LogP contribution is -2.44. The second-order valence-corrected chi connectivity index (χ2v) is 7.04. The van der Waals surface area contributed by atoms with Gasteiger partial charge in [0.2, 0.25) is 5.91 Å². The van der Waals surface area contributed by atoms with E-state index in [1.807, 2.05) is 20.2 Å². The van der Waals surface area contributed by atoms with Gasteiger partial charge in [-0.2, -0.15) is 5.10 Å². The van der Waals surface area contributed by atoms with Crippen molar-refractivity contribution < 1.29 is 9.59 Å². The zero-order chi connectivity index (χ0) is 17.3. The molecule has 0 aliphatic carbocycles. The number of aryl methyl sites for hydroxylation is 2. The van der Waals surface area contributed by atoms with E-state index < -0.39 is 0 Å². The lowest BCUT2D eigenvalue weighted by atomic mass is 9.97. The number of likely N-dealkylation sites (tertiary alicyclic amines) is 1. The predicted molar refractivity (Wildman–Crippen MR) is 91.7 cm³/mol. The molecule has 3 rings (SSSR count). The molecule has 0 spiro atoms. The standard InChI is InChI=1S/C16H21N5O2S/c1-10-13(24-15(19-10)12-7-18-20(3)8-12)16(23)21-6-4-5-11(9-21)14(22)17-2/h7-8,11H,4-6,9H2,1-3H3,(H,17,22). The number of carbonyl (C=O) groups is 2. The van der Waals surface area contributed by atoms with Crippen molar-refractivity contribution in [2.45, 2.75) is 19.8 Å². The minimum absolute atomic E-state index is 0.00424. The van der Waals surface area contributed by atoms with Crippen molar-refractivity contribution in [2.24, 2.45) is 13.0 Å². The third kappa shape index (κ3) is 3.19. The molecule has 2 aromatic heterocycles. The van der Waals surface area contributed by atoms with E-state index in [1.54, 1.807) is 22.8 Å².